The number of Topliss-reactive ketones (excluding diaryl/α,β-unsaturated/α-hetero) is 1. The molecule has 0 spiro atoms. The molecule has 0 aliphatic heterocycles. The van der Waals surface area contributed by atoms with Crippen LogP contribution in [0.1, 0.15) is 41.0 Å². The second kappa shape index (κ2) is 7.38. The molecule has 21 heavy (non-hydrogen) atoms. The Morgan fingerprint density at radius 1 is 1.19 bits per heavy atom. The number of ketones is 1. The summed E-state index contributed by atoms with van der Waals surface area (Å²) in [6.45, 7) is 1.90. The lowest BCUT2D eigenvalue weighted by Gasteiger charge is -2.14. The van der Waals surface area contributed by atoms with Crippen LogP contribution in [0.5, 0.6) is 0 Å². The van der Waals surface area contributed by atoms with E-state index in [-0.39, 0.29) is 30.6 Å². The molecule has 2 rings (SSSR count). The molecule has 0 saturated carbocycles. The molecule has 0 saturated heterocycles. The van der Waals surface area contributed by atoms with Gasteiger partial charge in [-0.1, -0.05) is 29.8 Å². The number of hydrogen-bond donors (Lipinski definition) is 1. The fraction of sp³-hybridized carbons (Fsp3) is 0.250. The number of rotatable bonds is 6. The number of amides is 1. The van der Waals surface area contributed by atoms with Crippen molar-refractivity contribution in [2.45, 2.75) is 25.8 Å². The van der Waals surface area contributed by atoms with Crippen molar-refractivity contribution in [2.24, 2.45) is 0 Å². The molecule has 1 heterocycles. The molecule has 2 aromatic rings. The fourth-order valence-corrected chi connectivity index (χ4v) is 2.76. The highest BCUT2D eigenvalue weighted by molar-refractivity contribution is 7.12. The van der Waals surface area contributed by atoms with Crippen LogP contribution in [-0.4, -0.2) is 11.7 Å². The van der Waals surface area contributed by atoms with E-state index in [1.165, 1.54) is 11.3 Å². The van der Waals surface area contributed by atoms with Crippen molar-refractivity contribution in [3.63, 3.8) is 0 Å². The first kappa shape index (κ1) is 15.7. The molecule has 0 aliphatic rings. The van der Waals surface area contributed by atoms with Crippen molar-refractivity contribution >= 4 is 34.6 Å². The highest BCUT2D eigenvalue weighted by Crippen LogP contribution is 2.17. The number of halogens is 1. The third-order valence-electron chi connectivity index (χ3n) is 3.12. The number of thiophene rings is 1. The molecule has 1 atom stereocenters. The maximum atomic E-state index is 11.9. The second-order valence-electron chi connectivity index (χ2n) is 4.74. The number of benzene rings is 1. The van der Waals surface area contributed by atoms with E-state index >= 15 is 0 Å². The van der Waals surface area contributed by atoms with Gasteiger partial charge in [-0.3, -0.25) is 9.59 Å². The summed E-state index contributed by atoms with van der Waals surface area (Å²) in [7, 11) is 0. The number of carbonyl (C=O) groups is 2. The van der Waals surface area contributed by atoms with Gasteiger partial charge in [-0.05, 0) is 36.1 Å². The van der Waals surface area contributed by atoms with Crippen LogP contribution in [0.15, 0.2) is 41.8 Å². The fourth-order valence-electron chi connectivity index (χ4n) is 1.94. The summed E-state index contributed by atoms with van der Waals surface area (Å²) in [5.41, 5.74) is 0.984. The van der Waals surface area contributed by atoms with Crippen molar-refractivity contribution < 1.29 is 9.59 Å². The van der Waals surface area contributed by atoms with E-state index in [0.29, 0.717) is 9.90 Å². The van der Waals surface area contributed by atoms with Crippen molar-refractivity contribution in [1.29, 1.82) is 0 Å². The van der Waals surface area contributed by atoms with Gasteiger partial charge in [0.2, 0.25) is 5.91 Å². The zero-order chi connectivity index (χ0) is 15.2. The van der Waals surface area contributed by atoms with Gasteiger partial charge in [0.1, 0.15) is 0 Å². The molecule has 1 aromatic heterocycles. The minimum Gasteiger partial charge on any atom is -0.350 e. The first-order valence-corrected chi connectivity index (χ1v) is 7.93. The van der Waals surface area contributed by atoms with Gasteiger partial charge >= 0.3 is 0 Å². The lowest BCUT2D eigenvalue weighted by atomic mass is 10.1. The van der Waals surface area contributed by atoms with Crippen molar-refractivity contribution in [3.05, 3.63) is 57.2 Å². The summed E-state index contributed by atoms with van der Waals surface area (Å²) in [6.07, 6.45) is 0.439. The third-order valence-corrected chi connectivity index (χ3v) is 4.29. The molecule has 1 amide bonds. The zero-order valence-corrected chi connectivity index (χ0v) is 13.2. The molecule has 5 heteroatoms. The summed E-state index contributed by atoms with van der Waals surface area (Å²) in [5.74, 6) is -0.110. The summed E-state index contributed by atoms with van der Waals surface area (Å²) >= 11 is 7.23. The average molecular weight is 322 g/mol. The van der Waals surface area contributed by atoms with Gasteiger partial charge in [0.25, 0.3) is 0 Å². The summed E-state index contributed by atoms with van der Waals surface area (Å²) in [4.78, 5) is 24.4. The predicted octanol–water partition coefficient (Wildman–Crippen LogP) is 4.24. The van der Waals surface area contributed by atoms with Crippen LogP contribution in [0, 0.1) is 0 Å². The molecular weight excluding hydrogens is 306 g/mol. The van der Waals surface area contributed by atoms with E-state index in [9.17, 15) is 9.59 Å². The summed E-state index contributed by atoms with van der Waals surface area (Å²) in [5, 5.41) is 5.41. The maximum Gasteiger partial charge on any atom is 0.220 e. The zero-order valence-electron chi connectivity index (χ0n) is 11.6. The van der Waals surface area contributed by atoms with Crippen LogP contribution in [0.2, 0.25) is 5.02 Å². The van der Waals surface area contributed by atoms with Gasteiger partial charge in [0.15, 0.2) is 5.78 Å². The van der Waals surface area contributed by atoms with E-state index in [1.807, 2.05) is 30.5 Å². The maximum absolute atomic E-state index is 11.9. The second-order valence-corrected chi connectivity index (χ2v) is 6.13. The lowest BCUT2D eigenvalue weighted by Crippen LogP contribution is -2.26. The van der Waals surface area contributed by atoms with Gasteiger partial charge in [0, 0.05) is 17.9 Å². The van der Waals surface area contributed by atoms with Crippen LogP contribution >= 0.6 is 22.9 Å². The van der Waals surface area contributed by atoms with Crippen LogP contribution in [0.3, 0.4) is 0 Å². The first-order valence-electron chi connectivity index (χ1n) is 6.68. The standard InChI is InChI=1S/C16H16ClNO2S/c1-11(12-4-6-13(17)7-5-12)18-16(20)9-8-14(19)15-3-2-10-21-15/h2-7,10-11H,8-9H2,1H3,(H,18,20)/t11-/m0/s1. The van der Waals surface area contributed by atoms with E-state index in [1.54, 1.807) is 18.2 Å². The topological polar surface area (TPSA) is 46.2 Å². The van der Waals surface area contributed by atoms with Crippen LogP contribution < -0.4 is 5.32 Å². The van der Waals surface area contributed by atoms with Crippen LogP contribution in [0.25, 0.3) is 0 Å². The number of hydrogen-bond acceptors (Lipinski definition) is 3. The smallest absolute Gasteiger partial charge is 0.220 e. The highest BCUT2D eigenvalue weighted by Gasteiger charge is 2.13. The summed E-state index contributed by atoms with van der Waals surface area (Å²) < 4.78 is 0. The Morgan fingerprint density at radius 3 is 2.52 bits per heavy atom. The van der Waals surface area contributed by atoms with Crippen molar-refractivity contribution in [1.82, 2.24) is 5.32 Å². The molecular formula is C16H16ClNO2S. The minimum absolute atomic E-state index is 0.0132. The lowest BCUT2D eigenvalue weighted by molar-refractivity contribution is -0.121. The number of nitrogens with one attached hydrogen (secondary N) is 1. The molecule has 3 nitrogen and oxygen atoms in total. The van der Waals surface area contributed by atoms with Crippen LogP contribution in [0.4, 0.5) is 0 Å². The Labute approximate surface area is 132 Å². The van der Waals surface area contributed by atoms with Gasteiger partial charge in [0.05, 0.1) is 10.9 Å². The SMILES string of the molecule is C[C@H](NC(=O)CCC(=O)c1cccs1)c1ccc(Cl)cc1. The minimum atomic E-state index is -0.123. The normalized spacial score (nSPS) is 11.9. The van der Waals surface area contributed by atoms with Gasteiger partial charge in [-0.2, -0.15) is 0 Å². The molecule has 1 N–H and O–H groups in total. The average Bonchev–Trinajstić information content (AvgIpc) is 2.99. The molecule has 0 radical (unpaired) electrons. The Morgan fingerprint density at radius 2 is 1.90 bits per heavy atom. The number of carbonyl (C=O) groups excluding carboxylic acids is 2. The molecule has 0 unspecified atom stereocenters. The van der Waals surface area contributed by atoms with Crippen molar-refractivity contribution in [2.75, 3.05) is 0 Å². The van der Waals surface area contributed by atoms with E-state index < -0.39 is 0 Å². The first-order chi connectivity index (χ1) is 10.1. The Hall–Kier alpha value is -1.65. The van der Waals surface area contributed by atoms with Crippen molar-refractivity contribution in [3.8, 4) is 0 Å². The third kappa shape index (κ3) is 4.69. The van der Waals surface area contributed by atoms with E-state index in [4.69, 9.17) is 11.6 Å². The van der Waals surface area contributed by atoms with Gasteiger partial charge in [-0.15, -0.1) is 11.3 Å². The van der Waals surface area contributed by atoms with Crippen LogP contribution in [-0.2, 0) is 4.79 Å². The van der Waals surface area contributed by atoms with Gasteiger partial charge in [-0.25, -0.2) is 0 Å². The molecule has 0 bridgehead atoms. The Balaban J connectivity index is 1.81. The highest BCUT2D eigenvalue weighted by atomic mass is 35.5. The monoisotopic (exact) mass is 321 g/mol. The van der Waals surface area contributed by atoms with E-state index in [2.05, 4.69) is 5.32 Å². The Bertz CT molecular complexity index is 608. The Kier molecular flexibility index (Phi) is 5.53. The molecule has 0 aliphatic carbocycles. The molecule has 0 fully saturated rings. The predicted molar refractivity (Wildman–Crippen MR) is 85.9 cm³/mol. The molecule has 110 valence electrons. The van der Waals surface area contributed by atoms with E-state index in [0.717, 1.165) is 5.56 Å². The summed E-state index contributed by atoms with van der Waals surface area (Å²) in [6, 6.07) is 10.8. The van der Waals surface area contributed by atoms with Gasteiger partial charge < -0.3 is 5.32 Å². The molecule has 1 aromatic carbocycles. The largest absolute Gasteiger partial charge is 0.350 e. The quantitative estimate of drug-likeness (QED) is 0.809.